The third-order valence-electron chi connectivity index (χ3n) is 5.12. The lowest BCUT2D eigenvalue weighted by atomic mass is 10.0. The molecule has 4 heterocycles. The maximum atomic E-state index is 14.0. The number of benzene rings is 1. The van der Waals surface area contributed by atoms with E-state index < -0.39 is 6.04 Å². The van der Waals surface area contributed by atoms with Crippen LogP contribution in [0.3, 0.4) is 0 Å². The molecule has 1 unspecified atom stereocenters. The Kier molecular flexibility index (Phi) is 5.93. The topological polar surface area (TPSA) is 84.7 Å². The number of carbonyl (C=O) groups is 1. The quantitative estimate of drug-likeness (QED) is 0.376. The molecule has 0 spiro atoms. The zero-order valence-electron chi connectivity index (χ0n) is 17.5. The summed E-state index contributed by atoms with van der Waals surface area (Å²) in [5.74, 6) is 0.448. The van der Waals surface area contributed by atoms with Crippen LogP contribution in [0.1, 0.15) is 23.4 Å². The molecule has 1 amide bonds. The maximum absolute atomic E-state index is 14.0. The lowest BCUT2D eigenvalue weighted by Gasteiger charge is -2.27. The van der Waals surface area contributed by atoms with Crippen molar-refractivity contribution in [3.05, 3.63) is 93.8 Å². The van der Waals surface area contributed by atoms with E-state index >= 15 is 0 Å². The summed E-state index contributed by atoms with van der Waals surface area (Å²) < 4.78 is 15.7. The number of nitrogens with zero attached hydrogens (tertiary/aromatic N) is 4. The highest BCUT2D eigenvalue weighted by atomic mass is 32.2. The molecule has 0 bridgehead atoms. The third-order valence-corrected chi connectivity index (χ3v) is 6.94. The van der Waals surface area contributed by atoms with Crippen LogP contribution in [-0.4, -0.2) is 25.7 Å². The van der Waals surface area contributed by atoms with Gasteiger partial charge in [-0.05, 0) is 42.1 Å². The molecule has 2 N–H and O–H groups in total. The fourth-order valence-electron chi connectivity index (χ4n) is 3.59. The van der Waals surface area contributed by atoms with Crippen LogP contribution in [0.25, 0.3) is 0 Å². The van der Waals surface area contributed by atoms with Crippen LogP contribution in [0.4, 0.5) is 16.0 Å². The van der Waals surface area contributed by atoms with Gasteiger partial charge in [-0.15, -0.1) is 16.4 Å². The Bertz CT molecular complexity index is 1320. The Balaban J connectivity index is 1.46. The van der Waals surface area contributed by atoms with Gasteiger partial charge < -0.3 is 10.6 Å². The average molecular weight is 479 g/mol. The second-order valence-corrected chi connectivity index (χ2v) is 9.24. The van der Waals surface area contributed by atoms with Crippen molar-refractivity contribution in [3.8, 4) is 0 Å². The minimum Gasteiger partial charge on any atom is -0.328 e. The van der Waals surface area contributed by atoms with Gasteiger partial charge in [-0.1, -0.05) is 36.0 Å². The molecular weight excluding hydrogens is 459 g/mol. The number of hydrogen-bond acceptors (Lipinski definition) is 7. The second-order valence-electron chi connectivity index (χ2n) is 7.32. The van der Waals surface area contributed by atoms with Crippen LogP contribution in [0, 0.1) is 5.82 Å². The lowest BCUT2D eigenvalue weighted by molar-refractivity contribution is -0.113. The van der Waals surface area contributed by atoms with Crippen molar-refractivity contribution < 1.29 is 9.18 Å². The molecule has 10 heteroatoms. The highest BCUT2D eigenvalue weighted by Crippen LogP contribution is 2.38. The number of nitrogens with one attached hydrogen (secondary N) is 2. The zero-order chi connectivity index (χ0) is 22.8. The average Bonchev–Trinajstić information content (AvgIpc) is 3.48. The number of fused-ring (bicyclic) bond motifs is 1. The van der Waals surface area contributed by atoms with Crippen molar-refractivity contribution in [1.82, 2.24) is 19.7 Å². The van der Waals surface area contributed by atoms with Gasteiger partial charge in [-0.2, -0.15) is 4.98 Å². The fraction of sp³-hybridized carbons (Fsp3) is 0.130. The molecule has 33 heavy (non-hydrogen) atoms. The van der Waals surface area contributed by atoms with E-state index in [2.05, 4.69) is 25.7 Å². The number of thiophene rings is 1. The van der Waals surface area contributed by atoms with Gasteiger partial charge in [-0.25, -0.2) is 9.07 Å². The number of anilines is 2. The van der Waals surface area contributed by atoms with Crippen molar-refractivity contribution in [2.24, 2.45) is 0 Å². The van der Waals surface area contributed by atoms with Crippen molar-refractivity contribution in [1.29, 1.82) is 0 Å². The molecule has 0 radical (unpaired) electrons. The Morgan fingerprint density at radius 1 is 1.24 bits per heavy atom. The Hall–Kier alpha value is -3.50. The van der Waals surface area contributed by atoms with Gasteiger partial charge in [0.2, 0.25) is 11.1 Å². The van der Waals surface area contributed by atoms with E-state index in [1.165, 1.54) is 17.8 Å². The number of amides is 1. The van der Waals surface area contributed by atoms with Crippen molar-refractivity contribution in [2.75, 3.05) is 10.6 Å². The van der Waals surface area contributed by atoms with Gasteiger partial charge in [0, 0.05) is 22.5 Å². The van der Waals surface area contributed by atoms with Gasteiger partial charge in [0.05, 0.1) is 17.5 Å². The smallest absolute Gasteiger partial charge is 0.255 e. The number of allylic oxidation sites excluding steroid dienone is 1. The van der Waals surface area contributed by atoms with Gasteiger partial charge in [0.1, 0.15) is 11.9 Å². The standard InChI is InChI=1S/C23H19FN6OS2/c1-14-19(21(31)27-16-7-4-10-25-12-16)20(18-9-5-11-32-18)30-22(26-14)28-23(29-30)33-13-15-6-2-3-8-17(15)24/h2-12,20H,13H2,1H3,(H,27,31)(H,26,28,29). The molecule has 166 valence electrons. The van der Waals surface area contributed by atoms with Crippen LogP contribution in [-0.2, 0) is 10.5 Å². The number of thioether (sulfide) groups is 1. The monoisotopic (exact) mass is 478 g/mol. The number of halogens is 1. The van der Waals surface area contributed by atoms with Crippen molar-refractivity contribution in [2.45, 2.75) is 23.9 Å². The minimum absolute atomic E-state index is 0.242. The van der Waals surface area contributed by atoms with E-state index in [-0.39, 0.29) is 11.7 Å². The normalized spacial score (nSPS) is 15.2. The molecule has 3 aromatic heterocycles. The summed E-state index contributed by atoms with van der Waals surface area (Å²) in [5.41, 5.74) is 2.44. The molecule has 7 nitrogen and oxygen atoms in total. The minimum atomic E-state index is -0.437. The van der Waals surface area contributed by atoms with E-state index in [9.17, 15) is 9.18 Å². The molecule has 1 aliphatic heterocycles. The summed E-state index contributed by atoms with van der Waals surface area (Å²) >= 11 is 2.89. The highest BCUT2D eigenvalue weighted by Gasteiger charge is 2.35. The first kappa shape index (κ1) is 21.4. The van der Waals surface area contributed by atoms with E-state index in [0.717, 1.165) is 4.88 Å². The number of carbonyl (C=O) groups excluding carboxylic acids is 1. The molecule has 0 saturated heterocycles. The Morgan fingerprint density at radius 2 is 2.12 bits per heavy atom. The number of rotatable bonds is 6. The van der Waals surface area contributed by atoms with Gasteiger partial charge in [-0.3, -0.25) is 9.78 Å². The lowest BCUT2D eigenvalue weighted by Crippen LogP contribution is -2.31. The summed E-state index contributed by atoms with van der Waals surface area (Å²) in [7, 11) is 0. The van der Waals surface area contributed by atoms with E-state index in [1.807, 2.05) is 24.4 Å². The van der Waals surface area contributed by atoms with E-state index in [0.29, 0.717) is 39.4 Å². The van der Waals surface area contributed by atoms with Gasteiger partial charge in [0.15, 0.2) is 0 Å². The van der Waals surface area contributed by atoms with Gasteiger partial charge >= 0.3 is 0 Å². The largest absolute Gasteiger partial charge is 0.328 e. The van der Waals surface area contributed by atoms with E-state index in [4.69, 9.17) is 0 Å². The maximum Gasteiger partial charge on any atom is 0.255 e. The SMILES string of the molecule is CC1=C(C(=O)Nc2cccnc2)C(c2cccs2)n2nc(SCc3ccccc3F)nc2N1. The second kappa shape index (κ2) is 9.16. The third kappa shape index (κ3) is 4.39. The number of hydrogen-bond donors (Lipinski definition) is 2. The Morgan fingerprint density at radius 3 is 2.88 bits per heavy atom. The van der Waals surface area contributed by atoms with Crippen LogP contribution >= 0.6 is 23.1 Å². The number of pyridine rings is 1. The molecule has 0 fully saturated rings. The number of aromatic nitrogens is 4. The highest BCUT2D eigenvalue weighted by molar-refractivity contribution is 7.98. The molecule has 4 aromatic rings. The van der Waals surface area contributed by atoms with Crippen LogP contribution in [0.5, 0.6) is 0 Å². The first-order valence-corrected chi connectivity index (χ1v) is 12.0. The van der Waals surface area contributed by atoms with Gasteiger partial charge in [0.25, 0.3) is 5.91 Å². The van der Waals surface area contributed by atoms with Crippen LogP contribution in [0.2, 0.25) is 0 Å². The predicted octanol–water partition coefficient (Wildman–Crippen LogP) is 5.09. The summed E-state index contributed by atoms with van der Waals surface area (Å²) in [6.07, 6.45) is 3.25. The molecular formula is C23H19FN6OS2. The molecule has 1 atom stereocenters. The predicted molar refractivity (Wildman–Crippen MR) is 128 cm³/mol. The fourth-order valence-corrected chi connectivity index (χ4v) is 5.22. The van der Waals surface area contributed by atoms with Crippen LogP contribution < -0.4 is 10.6 Å². The summed E-state index contributed by atoms with van der Waals surface area (Å²) in [5, 5.41) is 13.3. The first-order chi connectivity index (χ1) is 16.1. The van der Waals surface area contributed by atoms with Crippen LogP contribution in [0.15, 0.2) is 82.7 Å². The summed E-state index contributed by atoms with van der Waals surface area (Å²) in [6, 6.07) is 13.7. The molecule has 5 rings (SSSR count). The van der Waals surface area contributed by atoms with Crippen molar-refractivity contribution in [3.63, 3.8) is 0 Å². The van der Waals surface area contributed by atoms with E-state index in [1.54, 1.807) is 58.7 Å². The molecule has 1 aliphatic rings. The Labute approximate surface area is 197 Å². The zero-order valence-corrected chi connectivity index (χ0v) is 19.2. The summed E-state index contributed by atoms with van der Waals surface area (Å²) in [4.78, 5) is 22.9. The molecule has 0 saturated carbocycles. The van der Waals surface area contributed by atoms with Crippen molar-refractivity contribution >= 4 is 40.6 Å². The molecule has 1 aromatic carbocycles. The summed E-state index contributed by atoms with van der Waals surface area (Å²) in [6.45, 7) is 1.85. The first-order valence-electron chi connectivity index (χ1n) is 10.2. The molecule has 0 aliphatic carbocycles.